The molecule has 1 fully saturated rings. The molecule has 1 aromatic rings. The highest BCUT2D eigenvalue weighted by Crippen LogP contribution is 2.12. The SMILES string of the molecule is CN[C@H](Cc1ccccc1)C(=O)N(C)N1CCCCC1. The summed E-state index contributed by atoms with van der Waals surface area (Å²) in [5, 5.41) is 7.13. The molecule has 0 spiro atoms. The molecule has 2 rings (SSSR count). The number of piperidine rings is 1. The van der Waals surface area contributed by atoms with Gasteiger partial charge < -0.3 is 5.32 Å². The molecular formula is C16H25N3O. The van der Waals surface area contributed by atoms with Crippen LogP contribution in [0.1, 0.15) is 24.8 Å². The highest BCUT2D eigenvalue weighted by Gasteiger charge is 2.25. The lowest BCUT2D eigenvalue weighted by molar-refractivity contribution is -0.149. The van der Waals surface area contributed by atoms with Gasteiger partial charge in [-0.1, -0.05) is 36.8 Å². The van der Waals surface area contributed by atoms with Crippen LogP contribution in [0.3, 0.4) is 0 Å². The number of nitrogens with one attached hydrogen (secondary N) is 1. The smallest absolute Gasteiger partial charge is 0.254 e. The molecule has 1 atom stereocenters. The van der Waals surface area contributed by atoms with E-state index in [4.69, 9.17) is 0 Å². The average molecular weight is 275 g/mol. The first-order valence-corrected chi connectivity index (χ1v) is 7.46. The Kier molecular flexibility index (Phi) is 5.56. The summed E-state index contributed by atoms with van der Waals surface area (Å²) in [5.41, 5.74) is 1.19. The molecule has 0 unspecified atom stereocenters. The molecule has 1 N–H and O–H groups in total. The van der Waals surface area contributed by atoms with Crippen LogP contribution in [0.25, 0.3) is 0 Å². The number of nitrogens with zero attached hydrogens (tertiary/aromatic N) is 2. The summed E-state index contributed by atoms with van der Waals surface area (Å²) in [6.45, 7) is 1.98. The summed E-state index contributed by atoms with van der Waals surface area (Å²) in [4.78, 5) is 12.6. The Morgan fingerprint density at radius 2 is 1.90 bits per heavy atom. The van der Waals surface area contributed by atoms with E-state index in [9.17, 15) is 4.79 Å². The fourth-order valence-electron chi connectivity index (χ4n) is 2.70. The average Bonchev–Trinajstić information content (AvgIpc) is 2.53. The van der Waals surface area contributed by atoms with Crippen LogP contribution in [-0.4, -0.2) is 49.2 Å². The fraction of sp³-hybridized carbons (Fsp3) is 0.562. The maximum absolute atomic E-state index is 12.6. The van der Waals surface area contributed by atoms with Gasteiger partial charge in [-0.3, -0.25) is 9.80 Å². The van der Waals surface area contributed by atoms with E-state index in [1.165, 1.54) is 24.8 Å². The third kappa shape index (κ3) is 3.81. The number of carbonyl (C=O) groups excluding carboxylic acids is 1. The molecule has 4 nitrogen and oxygen atoms in total. The van der Waals surface area contributed by atoms with Crippen molar-refractivity contribution < 1.29 is 4.79 Å². The summed E-state index contributed by atoms with van der Waals surface area (Å²) in [5.74, 6) is 0.151. The van der Waals surface area contributed by atoms with Gasteiger partial charge >= 0.3 is 0 Å². The zero-order chi connectivity index (χ0) is 14.4. The summed E-state index contributed by atoms with van der Waals surface area (Å²) >= 11 is 0. The summed E-state index contributed by atoms with van der Waals surface area (Å²) in [7, 11) is 3.75. The number of amides is 1. The lowest BCUT2D eigenvalue weighted by atomic mass is 10.1. The molecule has 20 heavy (non-hydrogen) atoms. The number of benzene rings is 1. The van der Waals surface area contributed by atoms with Crippen molar-refractivity contribution in [1.29, 1.82) is 0 Å². The number of rotatable bonds is 5. The second kappa shape index (κ2) is 7.41. The van der Waals surface area contributed by atoms with Gasteiger partial charge in [0.15, 0.2) is 0 Å². The summed E-state index contributed by atoms with van der Waals surface area (Å²) in [6, 6.07) is 10.0. The highest BCUT2D eigenvalue weighted by atomic mass is 16.2. The molecule has 0 aliphatic carbocycles. The van der Waals surface area contributed by atoms with Crippen LogP contribution in [-0.2, 0) is 11.2 Å². The molecule has 1 saturated heterocycles. The van der Waals surface area contributed by atoms with Crippen LogP contribution in [0.2, 0.25) is 0 Å². The standard InChI is InChI=1S/C16H25N3O/c1-17-15(13-14-9-5-3-6-10-14)16(20)18(2)19-11-7-4-8-12-19/h3,5-6,9-10,15,17H,4,7-8,11-13H2,1-2H3/t15-/m1/s1. The first-order valence-electron chi connectivity index (χ1n) is 7.46. The number of hydrazine groups is 1. The van der Waals surface area contributed by atoms with E-state index >= 15 is 0 Å². The van der Waals surface area contributed by atoms with Crippen molar-refractivity contribution in [3.8, 4) is 0 Å². The molecule has 0 aromatic heterocycles. The van der Waals surface area contributed by atoms with Gasteiger partial charge in [0.1, 0.15) is 0 Å². The van der Waals surface area contributed by atoms with E-state index in [0.29, 0.717) is 0 Å². The van der Waals surface area contributed by atoms with Gasteiger partial charge in [0.25, 0.3) is 5.91 Å². The third-order valence-corrected chi connectivity index (χ3v) is 4.00. The second-order valence-electron chi connectivity index (χ2n) is 5.41. The summed E-state index contributed by atoms with van der Waals surface area (Å²) in [6.07, 6.45) is 4.37. The van der Waals surface area contributed by atoms with Crippen molar-refractivity contribution in [3.05, 3.63) is 35.9 Å². The fourth-order valence-corrected chi connectivity index (χ4v) is 2.70. The zero-order valence-electron chi connectivity index (χ0n) is 12.5. The molecule has 1 amide bonds. The first-order chi connectivity index (χ1) is 9.72. The van der Waals surface area contributed by atoms with E-state index in [-0.39, 0.29) is 11.9 Å². The zero-order valence-corrected chi connectivity index (χ0v) is 12.5. The van der Waals surface area contributed by atoms with Gasteiger partial charge in [-0.2, -0.15) is 0 Å². The van der Waals surface area contributed by atoms with E-state index in [0.717, 1.165) is 19.5 Å². The van der Waals surface area contributed by atoms with Crippen molar-refractivity contribution >= 4 is 5.91 Å². The van der Waals surface area contributed by atoms with E-state index in [1.807, 2.05) is 37.3 Å². The maximum atomic E-state index is 12.6. The number of carbonyl (C=O) groups is 1. The van der Waals surface area contributed by atoms with Crippen molar-refractivity contribution in [3.63, 3.8) is 0 Å². The molecule has 0 radical (unpaired) electrons. The molecular weight excluding hydrogens is 250 g/mol. The molecule has 4 heteroatoms. The Balaban J connectivity index is 1.97. The quantitative estimate of drug-likeness (QED) is 0.888. The maximum Gasteiger partial charge on any atom is 0.254 e. The van der Waals surface area contributed by atoms with Gasteiger partial charge in [-0.25, -0.2) is 5.01 Å². The van der Waals surface area contributed by atoms with Crippen molar-refractivity contribution in [2.24, 2.45) is 0 Å². The van der Waals surface area contributed by atoms with Crippen molar-refractivity contribution in [2.45, 2.75) is 31.7 Å². The monoisotopic (exact) mass is 275 g/mol. The number of hydrogen-bond acceptors (Lipinski definition) is 3. The molecule has 0 bridgehead atoms. The summed E-state index contributed by atoms with van der Waals surface area (Å²) < 4.78 is 0. The lowest BCUT2D eigenvalue weighted by Gasteiger charge is -2.36. The minimum absolute atomic E-state index is 0.151. The van der Waals surface area contributed by atoms with E-state index in [1.54, 1.807) is 0 Å². The van der Waals surface area contributed by atoms with Crippen LogP contribution >= 0.6 is 0 Å². The first kappa shape index (κ1) is 15.0. The number of likely N-dealkylation sites (N-methyl/N-ethyl adjacent to an activating group) is 2. The van der Waals surface area contributed by atoms with Crippen molar-refractivity contribution in [1.82, 2.24) is 15.3 Å². The van der Waals surface area contributed by atoms with Crippen LogP contribution in [0, 0.1) is 0 Å². The Bertz CT molecular complexity index is 415. The molecule has 1 aliphatic rings. The molecule has 1 aromatic carbocycles. The Morgan fingerprint density at radius 3 is 2.50 bits per heavy atom. The van der Waals surface area contributed by atoms with E-state index in [2.05, 4.69) is 22.5 Å². The van der Waals surface area contributed by atoms with Gasteiger partial charge in [0.05, 0.1) is 6.04 Å². The Labute approximate surface area is 121 Å². The van der Waals surface area contributed by atoms with Crippen LogP contribution in [0.4, 0.5) is 0 Å². The topological polar surface area (TPSA) is 35.6 Å². The third-order valence-electron chi connectivity index (χ3n) is 4.00. The Hall–Kier alpha value is -1.39. The van der Waals surface area contributed by atoms with Crippen molar-refractivity contribution in [2.75, 3.05) is 27.2 Å². The molecule has 110 valence electrons. The Morgan fingerprint density at radius 1 is 1.25 bits per heavy atom. The largest absolute Gasteiger partial charge is 0.309 e. The highest BCUT2D eigenvalue weighted by molar-refractivity contribution is 5.81. The van der Waals surface area contributed by atoms with Gasteiger partial charge in [0, 0.05) is 20.1 Å². The molecule has 0 saturated carbocycles. The normalized spacial score (nSPS) is 17.7. The predicted octanol–water partition coefficient (Wildman–Crippen LogP) is 1.68. The minimum Gasteiger partial charge on any atom is -0.309 e. The number of hydrogen-bond donors (Lipinski definition) is 1. The van der Waals surface area contributed by atoms with E-state index < -0.39 is 0 Å². The van der Waals surface area contributed by atoms with Gasteiger partial charge in [0.2, 0.25) is 0 Å². The minimum atomic E-state index is -0.163. The van der Waals surface area contributed by atoms with Crippen LogP contribution in [0.5, 0.6) is 0 Å². The van der Waals surface area contributed by atoms with Gasteiger partial charge in [-0.15, -0.1) is 0 Å². The molecule has 1 aliphatic heterocycles. The second-order valence-corrected chi connectivity index (χ2v) is 5.41. The predicted molar refractivity (Wildman–Crippen MR) is 81.2 cm³/mol. The molecule has 1 heterocycles. The lowest BCUT2D eigenvalue weighted by Crippen LogP contribution is -2.53. The van der Waals surface area contributed by atoms with Gasteiger partial charge in [-0.05, 0) is 31.9 Å². The van der Waals surface area contributed by atoms with Crippen LogP contribution in [0.15, 0.2) is 30.3 Å². The van der Waals surface area contributed by atoms with Crippen LogP contribution < -0.4 is 5.32 Å².